The summed E-state index contributed by atoms with van der Waals surface area (Å²) in [5, 5.41) is 2.65. The van der Waals surface area contributed by atoms with Crippen molar-refractivity contribution in [1.29, 1.82) is 0 Å². The smallest absolute Gasteiger partial charge is 0.0178 e. The topological polar surface area (TPSA) is 0 Å². The molecular weight excluding hydrogens is 216 g/mol. The summed E-state index contributed by atoms with van der Waals surface area (Å²) >= 11 is 0. The van der Waals surface area contributed by atoms with E-state index in [-0.39, 0.29) is 0 Å². The molecule has 0 N–H and O–H groups in total. The maximum absolute atomic E-state index is 2.31. The van der Waals surface area contributed by atoms with Gasteiger partial charge in [-0.1, -0.05) is 61.0 Å². The molecule has 1 aliphatic carbocycles. The van der Waals surface area contributed by atoms with Crippen molar-refractivity contribution < 1.29 is 0 Å². The van der Waals surface area contributed by atoms with E-state index in [1.54, 1.807) is 0 Å². The van der Waals surface area contributed by atoms with Gasteiger partial charge in [-0.05, 0) is 47.2 Å². The predicted molar refractivity (Wildman–Crippen MR) is 79.5 cm³/mol. The number of benzene rings is 2. The molecule has 0 saturated carbocycles. The highest BCUT2D eigenvalue weighted by atomic mass is 14.2. The van der Waals surface area contributed by atoms with Crippen molar-refractivity contribution in [2.75, 3.05) is 0 Å². The minimum atomic E-state index is 0.663. The number of hydrogen-bond acceptors (Lipinski definition) is 0. The van der Waals surface area contributed by atoms with Gasteiger partial charge < -0.3 is 0 Å². The number of fused-ring (bicyclic) bond motifs is 1. The Labute approximate surface area is 109 Å². The van der Waals surface area contributed by atoms with Crippen molar-refractivity contribution >= 4 is 16.3 Å². The highest BCUT2D eigenvalue weighted by molar-refractivity contribution is 5.86. The van der Waals surface area contributed by atoms with E-state index in [2.05, 4.69) is 68.5 Å². The van der Waals surface area contributed by atoms with Crippen LogP contribution in [0, 0.1) is 5.92 Å². The van der Waals surface area contributed by atoms with Crippen LogP contribution in [0.2, 0.25) is 0 Å². The van der Waals surface area contributed by atoms with E-state index in [9.17, 15) is 0 Å². The van der Waals surface area contributed by atoms with E-state index < -0.39 is 0 Å². The summed E-state index contributed by atoms with van der Waals surface area (Å²) in [7, 11) is 0. The second kappa shape index (κ2) is 4.45. The van der Waals surface area contributed by atoms with Gasteiger partial charge in [0.05, 0.1) is 0 Å². The molecule has 90 valence electrons. The molecule has 3 rings (SSSR count). The van der Waals surface area contributed by atoms with Crippen LogP contribution >= 0.6 is 0 Å². The van der Waals surface area contributed by atoms with Gasteiger partial charge in [0.25, 0.3) is 0 Å². The third-order valence-electron chi connectivity index (χ3n) is 3.97. The summed E-state index contributed by atoms with van der Waals surface area (Å²) in [5.74, 6) is 0.663. The average Bonchev–Trinajstić information content (AvgIpc) is 2.41. The lowest BCUT2D eigenvalue weighted by Gasteiger charge is -2.19. The zero-order valence-electron chi connectivity index (χ0n) is 11.0. The highest BCUT2D eigenvalue weighted by Gasteiger charge is 2.13. The molecule has 1 unspecified atom stereocenters. The summed E-state index contributed by atoms with van der Waals surface area (Å²) in [5.41, 5.74) is 4.31. The van der Waals surface area contributed by atoms with Crippen LogP contribution in [-0.4, -0.2) is 0 Å². The molecule has 0 saturated heterocycles. The quantitative estimate of drug-likeness (QED) is 0.635. The van der Waals surface area contributed by atoms with Gasteiger partial charge in [-0.2, -0.15) is 0 Å². The van der Waals surface area contributed by atoms with Gasteiger partial charge in [-0.25, -0.2) is 0 Å². The van der Waals surface area contributed by atoms with Crippen molar-refractivity contribution in [3.05, 3.63) is 65.8 Å². The zero-order valence-corrected chi connectivity index (χ0v) is 11.0. The van der Waals surface area contributed by atoms with Crippen LogP contribution in [0.15, 0.2) is 60.2 Å². The van der Waals surface area contributed by atoms with Crippen LogP contribution in [0.1, 0.15) is 25.8 Å². The van der Waals surface area contributed by atoms with Gasteiger partial charge in [0.1, 0.15) is 0 Å². The minimum absolute atomic E-state index is 0.663. The molecule has 0 heterocycles. The van der Waals surface area contributed by atoms with E-state index in [1.165, 1.54) is 27.5 Å². The molecule has 2 aromatic carbocycles. The van der Waals surface area contributed by atoms with Crippen molar-refractivity contribution in [2.24, 2.45) is 5.92 Å². The fraction of sp³-hybridized carbons (Fsp3) is 0.222. The Bertz CT molecular complexity index is 644. The van der Waals surface area contributed by atoms with Gasteiger partial charge in [0.2, 0.25) is 0 Å². The molecule has 0 radical (unpaired) electrons. The monoisotopic (exact) mass is 234 g/mol. The van der Waals surface area contributed by atoms with Gasteiger partial charge >= 0.3 is 0 Å². The highest BCUT2D eigenvalue weighted by Crippen LogP contribution is 2.32. The number of allylic oxidation sites excluding steroid dienone is 4. The van der Waals surface area contributed by atoms with Crippen molar-refractivity contribution in [1.82, 2.24) is 0 Å². The van der Waals surface area contributed by atoms with Crippen LogP contribution in [-0.2, 0) is 0 Å². The Kier molecular flexibility index (Phi) is 2.79. The standard InChI is InChI=1S/C18H18/c1-13-7-8-17(11-14(13)2)18-10-9-15-5-3-4-6-16(15)12-18/h3-10,12,14H,11H2,1-2H3. The number of rotatable bonds is 1. The molecule has 0 nitrogen and oxygen atoms in total. The minimum Gasteiger partial charge on any atom is -0.0702 e. The molecular formula is C18H18. The molecule has 0 amide bonds. The first kappa shape index (κ1) is 11.3. The second-order valence-corrected chi connectivity index (χ2v) is 5.27. The van der Waals surface area contributed by atoms with Crippen LogP contribution in [0.5, 0.6) is 0 Å². The molecule has 2 aromatic rings. The maximum atomic E-state index is 2.31. The van der Waals surface area contributed by atoms with Crippen molar-refractivity contribution in [3.8, 4) is 0 Å². The summed E-state index contributed by atoms with van der Waals surface area (Å²) in [6, 6.07) is 15.3. The summed E-state index contributed by atoms with van der Waals surface area (Å²) in [6.45, 7) is 4.53. The lowest BCUT2D eigenvalue weighted by molar-refractivity contribution is 0.697. The molecule has 1 atom stereocenters. The van der Waals surface area contributed by atoms with Crippen molar-refractivity contribution in [3.63, 3.8) is 0 Å². The molecule has 0 spiro atoms. The molecule has 0 fully saturated rings. The Morgan fingerprint density at radius 3 is 2.50 bits per heavy atom. The van der Waals surface area contributed by atoms with E-state index in [0.29, 0.717) is 5.92 Å². The average molecular weight is 234 g/mol. The van der Waals surface area contributed by atoms with Crippen LogP contribution in [0.4, 0.5) is 0 Å². The number of hydrogen-bond donors (Lipinski definition) is 0. The Hall–Kier alpha value is -1.82. The normalized spacial score (nSPS) is 19.6. The third kappa shape index (κ3) is 1.99. The van der Waals surface area contributed by atoms with E-state index in [1.807, 2.05) is 0 Å². The van der Waals surface area contributed by atoms with E-state index in [4.69, 9.17) is 0 Å². The zero-order chi connectivity index (χ0) is 12.5. The van der Waals surface area contributed by atoms with Crippen LogP contribution < -0.4 is 0 Å². The van der Waals surface area contributed by atoms with Crippen LogP contribution in [0.3, 0.4) is 0 Å². The molecule has 18 heavy (non-hydrogen) atoms. The first-order valence-corrected chi connectivity index (χ1v) is 6.60. The lowest BCUT2D eigenvalue weighted by Crippen LogP contribution is -2.02. The Balaban J connectivity index is 2.05. The molecule has 0 bridgehead atoms. The Morgan fingerprint density at radius 2 is 1.72 bits per heavy atom. The second-order valence-electron chi connectivity index (χ2n) is 5.27. The maximum Gasteiger partial charge on any atom is -0.0178 e. The predicted octanol–water partition coefficient (Wildman–Crippen LogP) is 5.21. The summed E-state index contributed by atoms with van der Waals surface area (Å²) in [6.07, 6.45) is 5.69. The third-order valence-corrected chi connectivity index (χ3v) is 3.97. The first-order chi connectivity index (χ1) is 8.74. The van der Waals surface area contributed by atoms with Crippen molar-refractivity contribution in [2.45, 2.75) is 20.3 Å². The van der Waals surface area contributed by atoms with Gasteiger partial charge in [-0.15, -0.1) is 0 Å². The molecule has 0 aliphatic heterocycles. The molecule has 0 aromatic heterocycles. The fourth-order valence-corrected chi connectivity index (χ4v) is 2.56. The van der Waals surface area contributed by atoms with Crippen LogP contribution in [0.25, 0.3) is 16.3 Å². The first-order valence-electron chi connectivity index (χ1n) is 6.60. The van der Waals surface area contributed by atoms with Gasteiger partial charge in [0, 0.05) is 0 Å². The fourth-order valence-electron chi connectivity index (χ4n) is 2.56. The summed E-state index contributed by atoms with van der Waals surface area (Å²) in [4.78, 5) is 0. The largest absolute Gasteiger partial charge is 0.0702 e. The SMILES string of the molecule is CC1=CC=C(c2ccc3ccccc3c2)CC1C. The molecule has 1 aliphatic rings. The Morgan fingerprint density at radius 1 is 0.944 bits per heavy atom. The van der Waals surface area contributed by atoms with Gasteiger partial charge in [-0.3, -0.25) is 0 Å². The van der Waals surface area contributed by atoms with Gasteiger partial charge in [0.15, 0.2) is 0 Å². The molecule has 0 heteroatoms. The lowest BCUT2D eigenvalue weighted by atomic mass is 9.86. The van der Waals surface area contributed by atoms with E-state index >= 15 is 0 Å². The van der Waals surface area contributed by atoms with E-state index in [0.717, 1.165) is 6.42 Å². The summed E-state index contributed by atoms with van der Waals surface area (Å²) < 4.78 is 0.